The fourth-order valence-electron chi connectivity index (χ4n) is 0.983. The quantitative estimate of drug-likeness (QED) is 0.310. The van der Waals surface area contributed by atoms with Gasteiger partial charge in [0.15, 0.2) is 0 Å². The van der Waals surface area contributed by atoms with Gasteiger partial charge in [-0.2, -0.15) is 0 Å². The maximum Gasteiger partial charge on any atom is 0.140 e. The minimum atomic E-state index is 0.208. The third-order valence-electron chi connectivity index (χ3n) is 1.66. The number of anilines is 1. The van der Waals surface area contributed by atoms with E-state index in [9.17, 15) is 0 Å². The molecule has 5 heteroatoms. The predicted molar refractivity (Wildman–Crippen MR) is 58.0 cm³/mol. The summed E-state index contributed by atoms with van der Waals surface area (Å²) in [5.74, 6) is 0.208. The van der Waals surface area contributed by atoms with Crippen LogP contribution < -0.4 is 11.1 Å². The molecular weight excluding hydrogens is 202 g/mol. The number of hydrogen-bond donors (Lipinski definition) is 3. The van der Waals surface area contributed by atoms with Crippen LogP contribution in [0.3, 0.4) is 0 Å². The highest BCUT2D eigenvalue weighted by atomic mass is 35.5. The molecule has 76 valence electrons. The molecule has 0 fully saturated rings. The predicted octanol–water partition coefficient (Wildman–Crippen LogP) is 1.89. The fraction of sp³-hybridized carbons (Fsp3) is 0.222. The van der Waals surface area contributed by atoms with E-state index in [0.29, 0.717) is 18.0 Å². The first-order valence-corrected chi connectivity index (χ1v) is 4.56. The van der Waals surface area contributed by atoms with E-state index in [1.807, 2.05) is 18.2 Å². The zero-order valence-electron chi connectivity index (χ0n) is 7.57. The molecule has 0 saturated carbocycles. The molecule has 1 aromatic carbocycles. The lowest BCUT2D eigenvalue weighted by atomic mass is 10.3. The number of amidine groups is 1. The van der Waals surface area contributed by atoms with Crippen molar-refractivity contribution in [2.45, 2.75) is 6.42 Å². The highest BCUT2D eigenvalue weighted by molar-refractivity contribution is 6.30. The average molecular weight is 214 g/mol. The Morgan fingerprint density at radius 2 is 2.36 bits per heavy atom. The Balaban J connectivity index is 2.39. The number of nitrogens with two attached hydrogens (primary N) is 1. The standard InChI is InChI=1S/C9H12ClN3O/c10-7-2-1-3-8(6-7)12-5-4-9(11)13-14/h1-3,6,12,14H,4-5H2,(H2,11,13). The number of oxime groups is 1. The first kappa shape index (κ1) is 10.7. The smallest absolute Gasteiger partial charge is 0.140 e. The molecule has 0 heterocycles. The summed E-state index contributed by atoms with van der Waals surface area (Å²) in [5, 5.41) is 14.9. The normalized spacial score (nSPS) is 11.4. The van der Waals surface area contributed by atoms with Crippen LogP contribution in [0.4, 0.5) is 5.69 Å². The minimum Gasteiger partial charge on any atom is -0.409 e. The van der Waals surface area contributed by atoms with Gasteiger partial charge in [0, 0.05) is 23.7 Å². The van der Waals surface area contributed by atoms with Crippen molar-refractivity contribution in [3.05, 3.63) is 29.3 Å². The molecule has 0 bridgehead atoms. The van der Waals surface area contributed by atoms with Crippen molar-refractivity contribution in [1.82, 2.24) is 0 Å². The summed E-state index contributed by atoms with van der Waals surface area (Å²) in [7, 11) is 0. The largest absolute Gasteiger partial charge is 0.409 e. The average Bonchev–Trinajstić information content (AvgIpc) is 2.17. The van der Waals surface area contributed by atoms with Crippen LogP contribution in [-0.2, 0) is 0 Å². The number of halogens is 1. The molecule has 0 aromatic heterocycles. The molecule has 4 nitrogen and oxygen atoms in total. The van der Waals surface area contributed by atoms with Crippen molar-refractivity contribution >= 4 is 23.1 Å². The summed E-state index contributed by atoms with van der Waals surface area (Å²) >= 11 is 5.79. The Hall–Kier alpha value is -1.42. The topological polar surface area (TPSA) is 70.6 Å². The van der Waals surface area contributed by atoms with Gasteiger partial charge in [0.25, 0.3) is 0 Å². The molecule has 1 aromatic rings. The molecule has 1 rings (SSSR count). The first-order valence-electron chi connectivity index (χ1n) is 4.18. The van der Waals surface area contributed by atoms with Gasteiger partial charge in [-0.15, -0.1) is 0 Å². The Bertz CT molecular complexity index is 328. The molecule has 14 heavy (non-hydrogen) atoms. The van der Waals surface area contributed by atoms with Crippen molar-refractivity contribution in [2.75, 3.05) is 11.9 Å². The minimum absolute atomic E-state index is 0.208. The van der Waals surface area contributed by atoms with Gasteiger partial charge in [-0.25, -0.2) is 0 Å². The molecule has 0 aliphatic carbocycles. The second-order valence-corrected chi connectivity index (χ2v) is 3.21. The first-order chi connectivity index (χ1) is 6.72. The molecular formula is C9H12ClN3O. The lowest BCUT2D eigenvalue weighted by molar-refractivity contribution is 0.317. The summed E-state index contributed by atoms with van der Waals surface area (Å²) in [6, 6.07) is 7.37. The maximum absolute atomic E-state index is 8.29. The van der Waals surface area contributed by atoms with Gasteiger partial charge in [-0.1, -0.05) is 22.8 Å². The highest BCUT2D eigenvalue weighted by Crippen LogP contribution is 2.14. The Morgan fingerprint density at radius 1 is 1.57 bits per heavy atom. The molecule has 4 N–H and O–H groups in total. The van der Waals surface area contributed by atoms with Crippen LogP contribution in [-0.4, -0.2) is 17.6 Å². The number of nitrogens with one attached hydrogen (secondary N) is 1. The molecule has 0 unspecified atom stereocenters. The number of nitrogens with zero attached hydrogens (tertiary/aromatic N) is 1. The summed E-state index contributed by atoms with van der Waals surface area (Å²) in [6.07, 6.45) is 0.489. The van der Waals surface area contributed by atoms with Crippen LogP contribution in [0.5, 0.6) is 0 Å². The van der Waals surface area contributed by atoms with Crippen LogP contribution in [0, 0.1) is 0 Å². The molecule has 0 saturated heterocycles. The molecule has 0 aliphatic heterocycles. The Labute approximate surface area is 87.4 Å². The van der Waals surface area contributed by atoms with Crippen LogP contribution in [0.25, 0.3) is 0 Å². The van der Waals surface area contributed by atoms with Gasteiger partial charge >= 0.3 is 0 Å². The number of benzene rings is 1. The molecule has 0 radical (unpaired) electrons. The third kappa shape index (κ3) is 3.53. The van der Waals surface area contributed by atoms with Gasteiger partial charge in [-0.05, 0) is 18.2 Å². The zero-order chi connectivity index (χ0) is 10.4. The van der Waals surface area contributed by atoms with E-state index in [1.54, 1.807) is 6.07 Å². The van der Waals surface area contributed by atoms with Gasteiger partial charge in [0.1, 0.15) is 5.84 Å². The SMILES string of the molecule is NC(CCNc1cccc(Cl)c1)=NO. The van der Waals surface area contributed by atoms with Crippen molar-refractivity contribution in [2.24, 2.45) is 10.9 Å². The molecule has 0 aliphatic rings. The second kappa shape index (κ2) is 5.34. The number of hydrogen-bond acceptors (Lipinski definition) is 3. The van der Waals surface area contributed by atoms with E-state index in [4.69, 9.17) is 22.5 Å². The Kier molecular flexibility index (Phi) is 4.07. The van der Waals surface area contributed by atoms with E-state index in [1.165, 1.54) is 0 Å². The zero-order valence-corrected chi connectivity index (χ0v) is 8.33. The van der Waals surface area contributed by atoms with E-state index in [-0.39, 0.29) is 5.84 Å². The van der Waals surface area contributed by atoms with Gasteiger partial charge in [-0.3, -0.25) is 0 Å². The summed E-state index contributed by atoms with van der Waals surface area (Å²) < 4.78 is 0. The van der Waals surface area contributed by atoms with Gasteiger partial charge in [0.05, 0.1) is 0 Å². The van der Waals surface area contributed by atoms with Crippen molar-refractivity contribution in [3.63, 3.8) is 0 Å². The molecule has 0 atom stereocenters. The van der Waals surface area contributed by atoms with Crippen molar-refractivity contribution < 1.29 is 5.21 Å². The molecule has 0 amide bonds. The number of rotatable bonds is 4. The Morgan fingerprint density at radius 3 is 3.00 bits per heavy atom. The van der Waals surface area contributed by atoms with E-state index >= 15 is 0 Å². The van der Waals surface area contributed by atoms with Crippen LogP contribution in [0.2, 0.25) is 5.02 Å². The lowest BCUT2D eigenvalue weighted by Crippen LogP contribution is -2.16. The fourth-order valence-corrected chi connectivity index (χ4v) is 1.17. The van der Waals surface area contributed by atoms with Crippen LogP contribution >= 0.6 is 11.6 Å². The highest BCUT2D eigenvalue weighted by Gasteiger charge is 1.95. The monoisotopic (exact) mass is 213 g/mol. The van der Waals surface area contributed by atoms with Gasteiger partial charge < -0.3 is 16.3 Å². The maximum atomic E-state index is 8.29. The third-order valence-corrected chi connectivity index (χ3v) is 1.90. The summed E-state index contributed by atoms with van der Waals surface area (Å²) in [6.45, 7) is 0.607. The van der Waals surface area contributed by atoms with E-state index in [2.05, 4.69) is 10.5 Å². The van der Waals surface area contributed by atoms with Crippen LogP contribution in [0.1, 0.15) is 6.42 Å². The van der Waals surface area contributed by atoms with E-state index in [0.717, 1.165) is 5.69 Å². The van der Waals surface area contributed by atoms with Gasteiger partial charge in [0.2, 0.25) is 0 Å². The lowest BCUT2D eigenvalue weighted by Gasteiger charge is -2.05. The summed E-state index contributed by atoms with van der Waals surface area (Å²) in [5.41, 5.74) is 6.22. The van der Waals surface area contributed by atoms with Crippen molar-refractivity contribution in [1.29, 1.82) is 0 Å². The summed E-state index contributed by atoms with van der Waals surface area (Å²) in [4.78, 5) is 0. The second-order valence-electron chi connectivity index (χ2n) is 2.78. The van der Waals surface area contributed by atoms with E-state index < -0.39 is 0 Å². The molecule has 0 spiro atoms. The van der Waals surface area contributed by atoms with Crippen LogP contribution in [0.15, 0.2) is 29.4 Å². The van der Waals surface area contributed by atoms with Crippen molar-refractivity contribution in [3.8, 4) is 0 Å².